The zero-order valence-corrected chi connectivity index (χ0v) is 10.1. The molecule has 0 aliphatic heterocycles. The first-order valence-corrected chi connectivity index (χ1v) is 5.15. The smallest absolute Gasteiger partial charge is 0.126 e. The number of methoxy groups -OCH3 is 1. The van der Waals surface area contributed by atoms with Gasteiger partial charge in [-0.05, 0) is 26.2 Å². The standard InChI is InChI=1S/C12H16ClNO/c1-14(2)9-11(13)8-10-6-4-5-7-12(10)15-3/h4-8H,9H2,1-3H3/b11-8-. The molecular weight excluding hydrogens is 210 g/mol. The van der Waals surface area contributed by atoms with Crippen molar-refractivity contribution in [2.45, 2.75) is 0 Å². The molecule has 0 fully saturated rings. The monoisotopic (exact) mass is 225 g/mol. The highest BCUT2D eigenvalue weighted by atomic mass is 35.5. The van der Waals surface area contributed by atoms with E-state index in [0.717, 1.165) is 22.9 Å². The Kier molecular flexibility index (Phi) is 4.66. The van der Waals surface area contributed by atoms with Gasteiger partial charge in [0, 0.05) is 17.1 Å². The van der Waals surface area contributed by atoms with Gasteiger partial charge in [0.05, 0.1) is 7.11 Å². The van der Waals surface area contributed by atoms with Crippen LogP contribution in [-0.4, -0.2) is 32.6 Å². The normalized spacial score (nSPS) is 11.9. The molecule has 0 aliphatic rings. The lowest BCUT2D eigenvalue weighted by Gasteiger charge is -2.09. The molecule has 82 valence electrons. The predicted molar refractivity (Wildman–Crippen MR) is 65.4 cm³/mol. The van der Waals surface area contributed by atoms with Gasteiger partial charge >= 0.3 is 0 Å². The van der Waals surface area contributed by atoms with Crippen LogP contribution in [0.25, 0.3) is 6.08 Å². The number of nitrogens with zero attached hydrogens (tertiary/aromatic N) is 1. The van der Waals surface area contributed by atoms with Crippen LogP contribution in [0.5, 0.6) is 5.75 Å². The molecule has 0 radical (unpaired) electrons. The Labute approximate surface area is 96.1 Å². The molecule has 2 nitrogen and oxygen atoms in total. The molecule has 0 unspecified atom stereocenters. The van der Waals surface area contributed by atoms with Gasteiger partial charge in [-0.15, -0.1) is 0 Å². The van der Waals surface area contributed by atoms with E-state index in [9.17, 15) is 0 Å². The molecule has 0 N–H and O–H groups in total. The minimum Gasteiger partial charge on any atom is -0.496 e. The van der Waals surface area contributed by atoms with E-state index in [-0.39, 0.29) is 0 Å². The lowest BCUT2D eigenvalue weighted by Crippen LogP contribution is -2.12. The van der Waals surface area contributed by atoms with Crippen molar-refractivity contribution in [2.24, 2.45) is 0 Å². The van der Waals surface area contributed by atoms with Gasteiger partial charge in [0.25, 0.3) is 0 Å². The highest BCUT2D eigenvalue weighted by Gasteiger charge is 2.00. The third-order valence-electron chi connectivity index (χ3n) is 1.92. The van der Waals surface area contributed by atoms with Crippen molar-refractivity contribution in [2.75, 3.05) is 27.7 Å². The van der Waals surface area contributed by atoms with Crippen molar-refractivity contribution in [3.63, 3.8) is 0 Å². The van der Waals surface area contributed by atoms with Crippen LogP contribution in [0.2, 0.25) is 0 Å². The van der Waals surface area contributed by atoms with Crippen LogP contribution in [0.4, 0.5) is 0 Å². The van der Waals surface area contributed by atoms with Crippen molar-refractivity contribution in [1.82, 2.24) is 4.90 Å². The molecule has 1 aromatic carbocycles. The Balaban J connectivity index is 2.87. The van der Waals surface area contributed by atoms with E-state index in [1.807, 2.05) is 49.3 Å². The Hall–Kier alpha value is -0.990. The zero-order valence-electron chi connectivity index (χ0n) is 9.33. The topological polar surface area (TPSA) is 12.5 Å². The summed E-state index contributed by atoms with van der Waals surface area (Å²) in [5.74, 6) is 0.842. The van der Waals surface area contributed by atoms with Crippen LogP contribution in [-0.2, 0) is 0 Å². The summed E-state index contributed by atoms with van der Waals surface area (Å²) in [6.07, 6.45) is 1.93. The maximum atomic E-state index is 6.10. The average Bonchev–Trinajstić information content (AvgIpc) is 2.17. The fourth-order valence-electron chi connectivity index (χ4n) is 1.30. The lowest BCUT2D eigenvalue weighted by molar-refractivity contribution is 0.413. The second-order valence-corrected chi connectivity index (χ2v) is 4.06. The van der Waals surface area contributed by atoms with Gasteiger partial charge in [0.15, 0.2) is 0 Å². The summed E-state index contributed by atoms with van der Waals surface area (Å²) in [5.41, 5.74) is 1.01. The molecule has 0 saturated carbocycles. The van der Waals surface area contributed by atoms with Gasteiger partial charge in [0.2, 0.25) is 0 Å². The Morgan fingerprint density at radius 2 is 2.07 bits per heavy atom. The Bertz CT molecular complexity index is 347. The Morgan fingerprint density at radius 1 is 1.40 bits per heavy atom. The average molecular weight is 226 g/mol. The van der Waals surface area contributed by atoms with Gasteiger partial charge in [-0.2, -0.15) is 0 Å². The van der Waals surface area contributed by atoms with E-state index in [0.29, 0.717) is 0 Å². The highest BCUT2D eigenvalue weighted by Crippen LogP contribution is 2.21. The van der Waals surface area contributed by atoms with E-state index in [1.54, 1.807) is 7.11 Å². The summed E-state index contributed by atoms with van der Waals surface area (Å²) in [4.78, 5) is 2.02. The molecule has 0 spiro atoms. The number of benzene rings is 1. The summed E-state index contributed by atoms with van der Waals surface area (Å²) >= 11 is 6.10. The van der Waals surface area contributed by atoms with Crippen LogP contribution in [0.1, 0.15) is 5.56 Å². The fraction of sp³-hybridized carbons (Fsp3) is 0.333. The molecule has 15 heavy (non-hydrogen) atoms. The lowest BCUT2D eigenvalue weighted by atomic mass is 10.2. The highest BCUT2D eigenvalue weighted by molar-refractivity contribution is 6.31. The predicted octanol–water partition coefficient (Wildman–Crippen LogP) is 2.84. The van der Waals surface area contributed by atoms with Crippen LogP contribution in [0, 0.1) is 0 Å². The molecular formula is C12H16ClNO. The molecule has 0 saturated heterocycles. The number of likely N-dealkylation sites (N-methyl/N-ethyl adjacent to an activating group) is 1. The third kappa shape index (κ3) is 3.94. The first-order chi connectivity index (χ1) is 7.13. The van der Waals surface area contributed by atoms with Crippen LogP contribution in [0.15, 0.2) is 29.3 Å². The first kappa shape index (κ1) is 12.1. The van der Waals surface area contributed by atoms with Crippen molar-refractivity contribution in [1.29, 1.82) is 0 Å². The summed E-state index contributed by atoms with van der Waals surface area (Å²) in [6, 6.07) is 7.81. The molecule has 0 aromatic heterocycles. The molecule has 0 atom stereocenters. The zero-order chi connectivity index (χ0) is 11.3. The van der Waals surface area contributed by atoms with Gasteiger partial charge in [-0.3, -0.25) is 0 Å². The number of rotatable bonds is 4. The molecule has 0 aliphatic carbocycles. The van der Waals surface area contributed by atoms with Crippen molar-refractivity contribution in [3.8, 4) is 5.75 Å². The summed E-state index contributed by atoms with van der Waals surface area (Å²) in [7, 11) is 5.63. The van der Waals surface area contributed by atoms with Crippen LogP contribution >= 0.6 is 11.6 Å². The van der Waals surface area contributed by atoms with E-state index >= 15 is 0 Å². The second-order valence-electron chi connectivity index (χ2n) is 3.57. The molecule has 1 aromatic rings. The number of para-hydroxylation sites is 1. The van der Waals surface area contributed by atoms with Crippen molar-refractivity contribution in [3.05, 3.63) is 34.9 Å². The summed E-state index contributed by atoms with van der Waals surface area (Å²) in [5, 5.41) is 0.796. The van der Waals surface area contributed by atoms with Crippen LogP contribution in [0.3, 0.4) is 0 Å². The maximum absolute atomic E-state index is 6.10. The molecule has 3 heteroatoms. The Morgan fingerprint density at radius 3 is 2.67 bits per heavy atom. The van der Waals surface area contributed by atoms with Gasteiger partial charge in [-0.1, -0.05) is 29.8 Å². The minimum absolute atomic E-state index is 0.736. The van der Waals surface area contributed by atoms with Crippen molar-refractivity contribution >= 4 is 17.7 Å². The van der Waals surface area contributed by atoms with E-state index in [4.69, 9.17) is 16.3 Å². The van der Waals surface area contributed by atoms with E-state index in [2.05, 4.69) is 0 Å². The quantitative estimate of drug-likeness (QED) is 0.782. The number of hydrogen-bond acceptors (Lipinski definition) is 2. The molecule has 0 heterocycles. The molecule has 0 amide bonds. The minimum atomic E-state index is 0.736. The van der Waals surface area contributed by atoms with Gasteiger partial charge in [0.1, 0.15) is 5.75 Å². The van der Waals surface area contributed by atoms with E-state index in [1.165, 1.54) is 0 Å². The van der Waals surface area contributed by atoms with Crippen LogP contribution < -0.4 is 4.74 Å². The maximum Gasteiger partial charge on any atom is 0.126 e. The van der Waals surface area contributed by atoms with E-state index < -0.39 is 0 Å². The first-order valence-electron chi connectivity index (χ1n) is 4.77. The summed E-state index contributed by atoms with van der Waals surface area (Å²) in [6.45, 7) is 0.736. The number of halogens is 1. The largest absolute Gasteiger partial charge is 0.496 e. The number of ether oxygens (including phenoxy) is 1. The molecule has 0 bridgehead atoms. The number of hydrogen-bond donors (Lipinski definition) is 0. The third-order valence-corrected chi connectivity index (χ3v) is 2.15. The SMILES string of the molecule is COc1ccccc1/C=C(\Cl)CN(C)C. The fourth-order valence-corrected chi connectivity index (χ4v) is 1.66. The second kappa shape index (κ2) is 5.79. The molecule has 1 rings (SSSR count). The summed E-state index contributed by atoms with van der Waals surface area (Å²) < 4.78 is 5.23. The van der Waals surface area contributed by atoms with Gasteiger partial charge in [-0.25, -0.2) is 0 Å². The van der Waals surface area contributed by atoms with Crippen molar-refractivity contribution < 1.29 is 4.74 Å². The van der Waals surface area contributed by atoms with Gasteiger partial charge < -0.3 is 9.64 Å².